The molecule has 1 aliphatic rings. The van der Waals surface area contributed by atoms with Crippen molar-refractivity contribution in [1.82, 2.24) is 14.6 Å². The number of rotatable bonds is 2. The van der Waals surface area contributed by atoms with Crippen LogP contribution in [0.4, 0.5) is 0 Å². The molecule has 122 valence electrons. The molecule has 0 atom stereocenters. The third kappa shape index (κ3) is 3.06. The summed E-state index contributed by atoms with van der Waals surface area (Å²) in [5, 5.41) is 3.93. The molecule has 2 aromatic rings. The van der Waals surface area contributed by atoms with Gasteiger partial charge < -0.3 is 14.0 Å². The Labute approximate surface area is 134 Å². The zero-order valence-corrected chi connectivity index (χ0v) is 13.7. The molecule has 0 bridgehead atoms. The van der Waals surface area contributed by atoms with Crippen molar-refractivity contribution in [2.75, 3.05) is 13.1 Å². The van der Waals surface area contributed by atoms with Crippen molar-refractivity contribution in [3.63, 3.8) is 0 Å². The van der Waals surface area contributed by atoms with E-state index in [1.807, 2.05) is 17.9 Å². The van der Waals surface area contributed by atoms with Gasteiger partial charge in [0.1, 0.15) is 5.76 Å². The fourth-order valence-electron chi connectivity index (χ4n) is 3.12. The number of aryl methyl sites for hydroxylation is 3. The van der Waals surface area contributed by atoms with Crippen LogP contribution in [0.5, 0.6) is 0 Å². The highest BCUT2D eigenvalue weighted by atomic mass is 16.5. The minimum atomic E-state index is -0.0686. The number of aromatic nitrogens is 2. The van der Waals surface area contributed by atoms with E-state index in [-0.39, 0.29) is 11.5 Å². The van der Waals surface area contributed by atoms with Crippen LogP contribution in [0, 0.1) is 13.8 Å². The first-order valence-corrected chi connectivity index (χ1v) is 7.85. The van der Waals surface area contributed by atoms with Crippen LogP contribution >= 0.6 is 0 Å². The summed E-state index contributed by atoms with van der Waals surface area (Å²) in [5.41, 5.74) is 1.98. The van der Waals surface area contributed by atoms with E-state index in [9.17, 15) is 9.59 Å². The Morgan fingerprint density at radius 3 is 2.52 bits per heavy atom. The number of piperidine rings is 1. The predicted molar refractivity (Wildman–Crippen MR) is 85.5 cm³/mol. The first-order valence-electron chi connectivity index (χ1n) is 7.85. The average Bonchev–Trinajstić information content (AvgIpc) is 2.98. The van der Waals surface area contributed by atoms with Crippen LogP contribution in [0.3, 0.4) is 0 Å². The number of hydrogen-bond donors (Lipinski definition) is 0. The molecule has 0 N–H and O–H groups in total. The fraction of sp³-hybridized carbons (Fsp3) is 0.471. The molecular weight excluding hydrogens is 294 g/mol. The SMILES string of the molecule is Cc1cc(C2CCN(C(=O)c3cc(C)c(=O)n(C)c3)CC2)on1. The number of pyridine rings is 1. The lowest BCUT2D eigenvalue weighted by Crippen LogP contribution is -2.38. The van der Waals surface area contributed by atoms with Gasteiger partial charge in [-0.2, -0.15) is 0 Å². The molecule has 0 aromatic carbocycles. The van der Waals surface area contributed by atoms with Crippen LogP contribution in [-0.4, -0.2) is 33.6 Å². The van der Waals surface area contributed by atoms with Crippen LogP contribution in [0.2, 0.25) is 0 Å². The highest BCUT2D eigenvalue weighted by molar-refractivity contribution is 5.94. The van der Waals surface area contributed by atoms with Gasteiger partial charge in [0.2, 0.25) is 0 Å². The molecule has 0 unspecified atom stereocenters. The third-order valence-corrected chi connectivity index (χ3v) is 4.44. The van der Waals surface area contributed by atoms with E-state index in [1.54, 1.807) is 26.2 Å². The van der Waals surface area contributed by atoms with Gasteiger partial charge in [-0.25, -0.2) is 0 Å². The molecule has 1 aliphatic heterocycles. The molecule has 3 rings (SSSR count). The van der Waals surface area contributed by atoms with Gasteiger partial charge >= 0.3 is 0 Å². The lowest BCUT2D eigenvalue weighted by atomic mass is 9.94. The standard InChI is InChI=1S/C17H21N3O3/c1-11-8-14(10-19(3)16(11)21)17(22)20-6-4-13(5-7-20)15-9-12(2)18-23-15/h8-10,13H,4-7H2,1-3H3. The maximum atomic E-state index is 12.6. The number of nitrogens with zero attached hydrogens (tertiary/aromatic N) is 3. The second kappa shape index (κ2) is 6.02. The first kappa shape index (κ1) is 15.5. The van der Waals surface area contributed by atoms with E-state index < -0.39 is 0 Å². The van der Waals surface area contributed by atoms with Gasteiger partial charge in [0, 0.05) is 43.9 Å². The van der Waals surface area contributed by atoms with Gasteiger partial charge in [0.05, 0.1) is 11.3 Å². The number of hydrogen-bond acceptors (Lipinski definition) is 4. The van der Waals surface area contributed by atoms with E-state index in [0.29, 0.717) is 30.1 Å². The maximum absolute atomic E-state index is 12.6. The summed E-state index contributed by atoms with van der Waals surface area (Å²) in [4.78, 5) is 26.2. The molecule has 6 nitrogen and oxygen atoms in total. The molecule has 23 heavy (non-hydrogen) atoms. The van der Waals surface area contributed by atoms with Crippen molar-refractivity contribution in [2.45, 2.75) is 32.6 Å². The summed E-state index contributed by atoms with van der Waals surface area (Å²) >= 11 is 0. The van der Waals surface area contributed by atoms with Crippen molar-refractivity contribution in [1.29, 1.82) is 0 Å². The number of carbonyl (C=O) groups is 1. The second-order valence-corrected chi connectivity index (χ2v) is 6.26. The molecule has 1 amide bonds. The quantitative estimate of drug-likeness (QED) is 0.850. The zero-order valence-electron chi connectivity index (χ0n) is 13.7. The number of amides is 1. The molecular formula is C17H21N3O3. The monoisotopic (exact) mass is 315 g/mol. The number of carbonyl (C=O) groups excluding carboxylic acids is 1. The largest absolute Gasteiger partial charge is 0.361 e. The zero-order chi connectivity index (χ0) is 16.6. The van der Waals surface area contributed by atoms with E-state index in [1.165, 1.54) is 4.57 Å². The molecule has 0 saturated carbocycles. The minimum Gasteiger partial charge on any atom is -0.361 e. The third-order valence-electron chi connectivity index (χ3n) is 4.44. The van der Waals surface area contributed by atoms with Gasteiger partial charge in [-0.05, 0) is 32.8 Å². The summed E-state index contributed by atoms with van der Waals surface area (Å²) in [6.07, 6.45) is 3.35. The van der Waals surface area contributed by atoms with Crippen molar-refractivity contribution >= 4 is 5.91 Å². The smallest absolute Gasteiger partial charge is 0.255 e. The van der Waals surface area contributed by atoms with Crippen LogP contribution < -0.4 is 5.56 Å². The highest BCUT2D eigenvalue weighted by Gasteiger charge is 2.27. The van der Waals surface area contributed by atoms with E-state index in [0.717, 1.165) is 24.3 Å². The fourth-order valence-corrected chi connectivity index (χ4v) is 3.12. The van der Waals surface area contributed by atoms with Gasteiger partial charge in [0.15, 0.2) is 0 Å². The van der Waals surface area contributed by atoms with E-state index in [2.05, 4.69) is 5.16 Å². The molecule has 0 radical (unpaired) electrons. The van der Waals surface area contributed by atoms with Gasteiger partial charge in [-0.15, -0.1) is 0 Å². The first-order chi connectivity index (χ1) is 11.0. The van der Waals surface area contributed by atoms with Crippen LogP contribution in [0.25, 0.3) is 0 Å². The molecule has 0 aliphatic carbocycles. The Kier molecular flexibility index (Phi) is 4.07. The van der Waals surface area contributed by atoms with Crippen LogP contribution in [-0.2, 0) is 7.05 Å². The topological polar surface area (TPSA) is 68.3 Å². The van der Waals surface area contributed by atoms with Gasteiger partial charge in [0.25, 0.3) is 11.5 Å². The lowest BCUT2D eigenvalue weighted by Gasteiger charge is -2.31. The molecule has 3 heterocycles. The Bertz CT molecular complexity index is 756. The Balaban J connectivity index is 1.70. The van der Waals surface area contributed by atoms with Crippen molar-refractivity contribution in [3.8, 4) is 0 Å². The predicted octanol–water partition coefficient (Wildman–Crippen LogP) is 2.01. The average molecular weight is 315 g/mol. The Morgan fingerprint density at radius 1 is 1.26 bits per heavy atom. The maximum Gasteiger partial charge on any atom is 0.255 e. The summed E-state index contributed by atoms with van der Waals surface area (Å²) in [7, 11) is 1.67. The highest BCUT2D eigenvalue weighted by Crippen LogP contribution is 2.29. The second-order valence-electron chi connectivity index (χ2n) is 6.26. The summed E-state index contributed by atoms with van der Waals surface area (Å²) in [6.45, 7) is 5.02. The summed E-state index contributed by atoms with van der Waals surface area (Å²) in [6, 6.07) is 3.65. The van der Waals surface area contributed by atoms with Crippen molar-refractivity contribution < 1.29 is 9.32 Å². The number of likely N-dealkylation sites (tertiary alicyclic amines) is 1. The minimum absolute atomic E-state index is 0.0177. The van der Waals surface area contributed by atoms with Gasteiger partial charge in [-0.3, -0.25) is 9.59 Å². The summed E-state index contributed by atoms with van der Waals surface area (Å²) < 4.78 is 6.80. The van der Waals surface area contributed by atoms with Crippen molar-refractivity contribution in [2.24, 2.45) is 7.05 Å². The molecule has 0 spiro atoms. The van der Waals surface area contributed by atoms with Crippen molar-refractivity contribution in [3.05, 3.63) is 51.3 Å². The van der Waals surface area contributed by atoms with E-state index >= 15 is 0 Å². The van der Waals surface area contributed by atoms with Crippen LogP contribution in [0.1, 0.15) is 46.1 Å². The van der Waals surface area contributed by atoms with Crippen LogP contribution in [0.15, 0.2) is 27.6 Å². The lowest BCUT2D eigenvalue weighted by molar-refractivity contribution is 0.0705. The Morgan fingerprint density at radius 2 is 1.96 bits per heavy atom. The summed E-state index contributed by atoms with van der Waals surface area (Å²) in [5.74, 6) is 1.21. The normalized spacial score (nSPS) is 15.9. The molecule has 2 aromatic heterocycles. The molecule has 1 saturated heterocycles. The molecule has 6 heteroatoms. The van der Waals surface area contributed by atoms with Gasteiger partial charge in [-0.1, -0.05) is 5.16 Å². The molecule has 1 fully saturated rings. The van der Waals surface area contributed by atoms with E-state index in [4.69, 9.17) is 4.52 Å². The Hall–Kier alpha value is -2.37.